The number of hydrogen-bond acceptors (Lipinski definition) is 3. The molecule has 5 heteroatoms. The molecule has 22 heavy (non-hydrogen) atoms. The van der Waals surface area contributed by atoms with Crippen molar-refractivity contribution in [3.8, 4) is 0 Å². The summed E-state index contributed by atoms with van der Waals surface area (Å²) in [6.45, 7) is 6.91. The molecule has 122 valence electrons. The largest absolute Gasteiger partial charge is 0.444 e. The number of ether oxygens (including phenoxy) is 1. The minimum atomic E-state index is -0.447. The molecule has 0 bridgehead atoms. The van der Waals surface area contributed by atoms with Gasteiger partial charge in [-0.15, -0.1) is 0 Å². The maximum Gasteiger partial charge on any atom is 0.407 e. The first-order chi connectivity index (χ1) is 10.3. The van der Waals surface area contributed by atoms with Gasteiger partial charge in [-0.1, -0.05) is 23.7 Å². The highest BCUT2D eigenvalue weighted by Gasteiger charge is 2.29. The van der Waals surface area contributed by atoms with E-state index in [1.807, 2.05) is 32.9 Å². The predicted molar refractivity (Wildman–Crippen MR) is 89.5 cm³/mol. The number of amides is 1. The highest BCUT2D eigenvalue weighted by molar-refractivity contribution is 6.30. The van der Waals surface area contributed by atoms with Crippen LogP contribution in [0.2, 0.25) is 5.02 Å². The molecule has 4 nitrogen and oxygen atoms in total. The fraction of sp³-hybridized carbons (Fsp3) is 0.588. The summed E-state index contributed by atoms with van der Waals surface area (Å²) in [5.41, 5.74) is 0.909. The molecule has 1 aromatic carbocycles. The molecular weight excluding hydrogens is 300 g/mol. The number of carbonyl (C=O) groups excluding carboxylic acids is 1. The van der Waals surface area contributed by atoms with Crippen LogP contribution in [-0.4, -0.2) is 30.8 Å². The third-order valence-corrected chi connectivity index (χ3v) is 3.96. The van der Waals surface area contributed by atoms with Gasteiger partial charge in [-0.2, -0.15) is 0 Å². The van der Waals surface area contributed by atoms with E-state index in [9.17, 15) is 4.79 Å². The first-order valence-electron chi connectivity index (χ1n) is 7.79. The van der Waals surface area contributed by atoms with Gasteiger partial charge in [-0.25, -0.2) is 4.79 Å². The minimum Gasteiger partial charge on any atom is -0.444 e. The third-order valence-electron chi connectivity index (χ3n) is 3.71. The maximum atomic E-state index is 11.5. The zero-order valence-electron chi connectivity index (χ0n) is 13.5. The third kappa shape index (κ3) is 5.50. The van der Waals surface area contributed by atoms with Gasteiger partial charge in [-0.05, 0) is 57.2 Å². The lowest BCUT2D eigenvalue weighted by molar-refractivity contribution is 0.0527. The summed E-state index contributed by atoms with van der Waals surface area (Å²) in [5, 5.41) is 6.99. The standard InChI is InChI=1S/C17H25ClN2O2/c1-17(2,3)22-16(21)20-9-8-19-15-10-13(11-15)12-4-6-14(18)7-5-12/h4-7,13,15,19H,8-11H2,1-3H3,(H,20,21). The van der Waals surface area contributed by atoms with Crippen molar-refractivity contribution in [2.75, 3.05) is 13.1 Å². The van der Waals surface area contributed by atoms with E-state index in [4.69, 9.17) is 16.3 Å². The Morgan fingerprint density at radius 2 is 1.86 bits per heavy atom. The van der Waals surface area contributed by atoms with Crippen LogP contribution < -0.4 is 10.6 Å². The van der Waals surface area contributed by atoms with Crippen molar-refractivity contribution in [1.82, 2.24) is 10.6 Å². The van der Waals surface area contributed by atoms with Gasteiger partial charge in [0.2, 0.25) is 0 Å². The molecule has 0 radical (unpaired) electrons. The number of hydrogen-bond donors (Lipinski definition) is 2. The number of benzene rings is 1. The summed E-state index contributed by atoms with van der Waals surface area (Å²) in [4.78, 5) is 11.5. The first kappa shape index (κ1) is 17.1. The van der Waals surface area contributed by atoms with Gasteiger partial charge in [0.25, 0.3) is 0 Å². The van der Waals surface area contributed by atoms with E-state index in [0.29, 0.717) is 18.5 Å². The quantitative estimate of drug-likeness (QED) is 0.812. The summed E-state index contributed by atoms with van der Waals surface area (Å²) in [6, 6.07) is 8.63. The molecule has 1 aliphatic carbocycles. The molecule has 1 fully saturated rings. The van der Waals surface area contributed by atoms with Crippen LogP contribution in [-0.2, 0) is 4.74 Å². The lowest BCUT2D eigenvalue weighted by atomic mass is 9.76. The zero-order valence-corrected chi connectivity index (χ0v) is 14.2. The van der Waals surface area contributed by atoms with Crippen molar-refractivity contribution >= 4 is 17.7 Å². The van der Waals surface area contributed by atoms with Crippen molar-refractivity contribution in [3.05, 3.63) is 34.9 Å². The molecule has 1 amide bonds. The van der Waals surface area contributed by atoms with Crippen molar-refractivity contribution in [3.63, 3.8) is 0 Å². The Kier molecular flexibility index (Phi) is 5.70. The molecule has 0 saturated heterocycles. The Balaban J connectivity index is 1.57. The SMILES string of the molecule is CC(C)(C)OC(=O)NCCNC1CC(c2ccc(Cl)cc2)C1. The van der Waals surface area contributed by atoms with Crippen LogP contribution in [0.4, 0.5) is 4.79 Å². The van der Waals surface area contributed by atoms with Crippen molar-refractivity contribution in [2.24, 2.45) is 0 Å². The molecule has 1 aliphatic rings. The van der Waals surface area contributed by atoms with Crippen LogP contribution in [0.3, 0.4) is 0 Å². The van der Waals surface area contributed by atoms with E-state index in [0.717, 1.165) is 24.4 Å². The summed E-state index contributed by atoms with van der Waals surface area (Å²) >= 11 is 5.90. The first-order valence-corrected chi connectivity index (χ1v) is 8.17. The molecular formula is C17H25ClN2O2. The number of rotatable bonds is 5. The van der Waals surface area contributed by atoms with Gasteiger partial charge in [0, 0.05) is 24.2 Å². The molecule has 2 N–H and O–H groups in total. The normalized spacial score (nSPS) is 21.1. The lowest BCUT2D eigenvalue weighted by Crippen LogP contribution is -2.44. The molecule has 1 saturated carbocycles. The highest BCUT2D eigenvalue weighted by atomic mass is 35.5. The Morgan fingerprint density at radius 3 is 2.45 bits per heavy atom. The van der Waals surface area contributed by atoms with E-state index < -0.39 is 5.60 Å². The van der Waals surface area contributed by atoms with Crippen molar-refractivity contribution < 1.29 is 9.53 Å². The van der Waals surface area contributed by atoms with Crippen molar-refractivity contribution in [1.29, 1.82) is 0 Å². The maximum absolute atomic E-state index is 11.5. The van der Waals surface area contributed by atoms with Gasteiger partial charge in [-0.3, -0.25) is 0 Å². The molecule has 2 rings (SSSR count). The Morgan fingerprint density at radius 1 is 1.23 bits per heavy atom. The second kappa shape index (κ2) is 7.34. The Labute approximate surface area is 137 Å². The van der Waals surface area contributed by atoms with Crippen LogP contribution in [0.5, 0.6) is 0 Å². The molecule has 0 aromatic heterocycles. The molecule has 0 heterocycles. The fourth-order valence-corrected chi connectivity index (χ4v) is 2.67. The smallest absolute Gasteiger partial charge is 0.407 e. The van der Waals surface area contributed by atoms with Crippen LogP contribution >= 0.6 is 11.6 Å². The van der Waals surface area contributed by atoms with Gasteiger partial charge in [0.05, 0.1) is 0 Å². The molecule has 0 aliphatic heterocycles. The molecule has 0 spiro atoms. The molecule has 1 aromatic rings. The zero-order chi connectivity index (χ0) is 16.2. The van der Waals surface area contributed by atoms with Crippen LogP contribution in [0.1, 0.15) is 45.1 Å². The van der Waals surface area contributed by atoms with Crippen LogP contribution in [0, 0.1) is 0 Å². The van der Waals surface area contributed by atoms with Gasteiger partial charge in [0.15, 0.2) is 0 Å². The topological polar surface area (TPSA) is 50.4 Å². The average molecular weight is 325 g/mol. The van der Waals surface area contributed by atoms with Crippen LogP contribution in [0.15, 0.2) is 24.3 Å². The monoisotopic (exact) mass is 324 g/mol. The number of halogens is 1. The predicted octanol–water partition coefficient (Wildman–Crippen LogP) is 3.70. The molecule has 0 atom stereocenters. The number of carbonyl (C=O) groups is 1. The summed E-state index contributed by atoms with van der Waals surface area (Å²) in [7, 11) is 0. The second-order valence-electron chi connectivity index (χ2n) is 6.80. The van der Waals surface area contributed by atoms with Gasteiger partial charge >= 0.3 is 6.09 Å². The summed E-state index contributed by atoms with van der Waals surface area (Å²) in [6.07, 6.45) is 1.91. The summed E-state index contributed by atoms with van der Waals surface area (Å²) < 4.78 is 5.18. The summed E-state index contributed by atoms with van der Waals surface area (Å²) in [5.74, 6) is 0.619. The van der Waals surface area contributed by atoms with E-state index in [1.54, 1.807) is 0 Å². The Bertz CT molecular complexity index is 490. The van der Waals surface area contributed by atoms with Crippen LogP contribution in [0.25, 0.3) is 0 Å². The number of alkyl carbamates (subject to hydrolysis) is 1. The second-order valence-corrected chi connectivity index (χ2v) is 7.24. The molecule has 0 unspecified atom stereocenters. The Hall–Kier alpha value is -1.26. The average Bonchev–Trinajstić information content (AvgIpc) is 2.36. The van der Waals surface area contributed by atoms with E-state index in [2.05, 4.69) is 22.8 Å². The van der Waals surface area contributed by atoms with E-state index in [1.165, 1.54) is 5.56 Å². The lowest BCUT2D eigenvalue weighted by Gasteiger charge is -2.36. The fourth-order valence-electron chi connectivity index (χ4n) is 2.55. The van der Waals surface area contributed by atoms with Gasteiger partial charge in [0.1, 0.15) is 5.60 Å². The highest BCUT2D eigenvalue weighted by Crippen LogP contribution is 2.37. The van der Waals surface area contributed by atoms with Gasteiger partial charge < -0.3 is 15.4 Å². The van der Waals surface area contributed by atoms with E-state index in [-0.39, 0.29) is 6.09 Å². The number of nitrogens with one attached hydrogen (secondary N) is 2. The van der Waals surface area contributed by atoms with E-state index >= 15 is 0 Å². The minimum absolute atomic E-state index is 0.359. The van der Waals surface area contributed by atoms with Crippen molar-refractivity contribution in [2.45, 2.75) is 51.2 Å².